The molecule has 1 atom stereocenters. The van der Waals surface area contributed by atoms with Crippen molar-refractivity contribution in [2.75, 3.05) is 0 Å². The van der Waals surface area contributed by atoms with E-state index in [2.05, 4.69) is 5.32 Å². The van der Waals surface area contributed by atoms with Crippen LogP contribution in [0.5, 0.6) is 0 Å². The molecule has 4 heteroatoms. The van der Waals surface area contributed by atoms with Crippen molar-refractivity contribution in [2.45, 2.75) is 38.6 Å². The summed E-state index contributed by atoms with van der Waals surface area (Å²) >= 11 is 0. The van der Waals surface area contributed by atoms with Crippen molar-refractivity contribution in [3.63, 3.8) is 0 Å². The molecule has 98 valence electrons. The zero-order valence-electron chi connectivity index (χ0n) is 10.9. The van der Waals surface area contributed by atoms with Crippen molar-refractivity contribution in [2.24, 2.45) is 0 Å². The molecule has 0 spiro atoms. The number of nitrogens with one attached hydrogen (secondary N) is 1. The average Bonchev–Trinajstić information content (AvgIpc) is 2.36. The van der Waals surface area contributed by atoms with Gasteiger partial charge in [-0.2, -0.15) is 0 Å². The third kappa shape index (κ3) is 3.09. The normalized spacial score (nSPS) is 12.8. The van der Waals surface area contributed by atoms with Crippen molar-refractivity contribution in [3.8, 4) is 0 Å². The molecule has 0 aliphatic heterocycles. The topological polar surface area (TPSA) is 66.4 Å². The van der Waals surface area contributed by atoms with Crippen molar-refractivity contribution >= 4 is 11.9 Å². The Bertz CT molecular complexity index is 426. The van der Waals surface area contributed by atoms with Crippen LogP contribution in [0.3, 0.4) is 0 Å². The minimum Gasteiger partial charge on any atom is -0.480 e. The van der Waals surface area contributed by atoms with Crippen molar-refractivity contribution in [1.29, 1.82) is 0 Å². The van der Waals surface area contributed by atoms with Crippen molar-refractivity contribution in [1.82, 2.24) is 5.32 Å². The Morgan fingerprint density at radius 3 is 2.28 bits per heavy atom. The highest BCUT2D eigenvalue weighted by Gasteiger charge is 2.32. The second-order valence-electron chi connectivity index (χ2n) is 4.76. The number of amides is 1. The van der Waals surface area contributed by atoms with Crippen molar-refractivity contribution in [3.05, 3.63) is 35.9 Å². The number of carbonyl (C=O) groups excluding carboxylic acids is 1. The second-order valence-corrected chi connectivity index (χ2v) is 4.76. The van der Waals surface area contributed by atoms with Crippen LogP contribution in [0.2, 0.25) is 0 Å². The highest BCUT2D eigenvalue weighted by molar-refractivity contribution is 5.90. The zero-order valence-corrected chi connectivity index (χ0v) is 10.9. The smallest absolute Gasteiger partial charge is 0.326 e. The predicted octanol–water partition coefficient (Wildman–Crippen LogP) is 1.94. The third-order valence-electron chi connectivity index (χ3n) is 3.07. The van der Waals surface area contributed by atoms with Crippen LogP contribution in [-0.4, -0.2) is 23.0 Å². The van der Waals surface area contributed by atoms with Gasteiger partial charge in [0.2, 0.25) is 5.91 Å². The molecule has 0 aliphatic carbocycles. The van der Waals surface area contributed by atoms with Crippen LogP contribution in [0.25, 0.3) is 0 Å². The number of hydrogen-bond donors (Lipinski definition) is 2. The van der Waals surface area contributed by atoms with E-state index in [1.807, 2.05) is 30.3 Å². The quantitative estimate of drug-likeness (QED) is 0.838. The first kappa shape index (κ1) is 14.2. The van der Waals surface area contributed by atoms with Gasteiger partial charge < -0.3 is 10.4 Å². The van der Waals surface area contributed by atoms with Gasteiger partial charge in [-0.3, -0.25) is 4.79 Å². The minimum atomic E-state index is -1.00. The molecule has 0 saturated carbocycles. The minimum absolute atomic E-state index is 0.275. The largest absolute Gasteiger partial charge is 0.480 e. The molecular formula is C14H19NO3. The first-order chi connectivity index (χ1) is 8.39. The van der Waals surface area contributed by atoms with Crippen molar-refractivity contribution < 1.29 is 14.7 Å². The summed E-state index contributed by atoms with van der Waals surface area (Å²) in [5.74, 6) is -1.28. The lowest BCUT2D eigenvalue weighted by Gasteiger charge is -2.26. The maximum absolute atomic E-state index is 12.2. The lowest BCUT2D eigenvalue weighted by atomic mass is 9.83. The standard InChI is InChI=1S/C14H19NO3/c1-4-11(12(16)17)15-13(18)14(2,3)10-8-6-5-7-9-10/h5-9,11H,4H2,1-3H3,(H,15,18)(H,16,17)/t11-/m1/s1. The van der Waals surface area contributed by atoms with E-state index in [4.69, 9.17) is 5.11 Å². The molecule has 18 heavy (non-hydrogen) atoms. The van der Waals surface area contributed by atoms with E-state index in [9.17, 15) is 9.59 Å². The van der Waals surface area contributed by atoms with Crippen LogP contribution in [0.1, 0.15) is 32.8 Å². The van der Waals surface area contributed by atoms with E-state index < -0.39 is 17.4 Å². The van der Waals surface area contributed by atoms with Crippen LogP contribution in [0.4, 0.5) is 0 Å². The Balaban J connectivity index is 2.86. The molecule has 0 bridgehead atoms. The lowest BCUT2D eigenvalue weighted by Crippen LogP contribution is -2.48. The molecule has 0 aliphatic rings. The molecule has 1 rings (SSSR count). The number of carboxylic acid groups (broad SMARTS) is 1. The molecule has 0 radical (unpaired) electrons. The Morgan fingerprint density at radius 1 is 1.28 bits per heavy atom. The highest BCUT2D eigenvalue weighted by atomic mass is 16.4. The number of carbonyl (C=O) groups is 2. The molecule has 0 fully saturated rings. The fourth-order valence-electron chi connectivity index (χ4n) is 1.66. The summed E-state index contributed by atoms with van der Waals surface area (Å²) in [7, 11) is 0. The van der Waals surface area contributed by atoms with Gasteiger partial charge in [0.25, 0.3) is 0 Å². The number of carboxylic acids is 1. The molecule has 1 aromatic rings. The number of aliphatic carboxylic acids is 1. The van der Waals surface area contributed by atoms with E-state index in [0.717, 1.165) is 5.56 Å². The molecule has 0 unspecified atom stereocenters. The summed E-state index contributed by atoms with van der Waals surface area (Å²) in [4.78, 5) is 23.1. The molecule has 1 aromatic carbocycles. The SMILES string of the molecule is CC[C@@H](NC(=O)C(C)(C)c1ccccc1)C(=O)O. The van der Waals surface area contributed by atoms with Gasteiger partial charge in [-0.05, 0) is 25.8 Å². The van der Waals surface area contributed by atoms with E-state index in [1.165, 1.54) is 0 Å². The van der Waals surface area contributed by atoms with Gasteiger partial charge in [0, 0.05) is 0 Å². The van der Waals surface area contributed by atoms with Crippen LogP contribution >= 0.6 is 0 Å². The predicted molar refractivity (Wildman–Crippen MR) is 69.3 cm³/mol. The van der Waals surface area contributed by atoms with Crippen LogP contribution < -0.4 is 5.32 Å². The maximum Gasteiger partial charge on any atom is 0.326 e. The van der Waals surface area contributed by atoms with Gasteiger partial charge in [0.15, 0.2) is 0 Å². The van der Waals surface area contributed by atoms with Gasteiger partial charge in [-0.1, -0.05) is 37.3 Å². The van der Waals surface area contributed by atoms with E-state index >= 15 is 0 Å². The Kier molecular flexibility index (Phi) is 4.48. The van der Waals surface area contributed by atoms with Crippen LogP contribution in [0.15, 0.2) is 30.3 Å². The molecule has 0 heterocycles. The summed E-state index contributed by atoms with van der Waals surface area (Å²) in [5.41, 5.74) is 0.118. The molecule has 2 N–H and O–H groups in total. The summed E-state index contributed by atoms with van der Waals surface area (Å²) in [6, 6.07) is 8.49. The number of benzene rings is 1. The molecule has 0 saturated heterocycles. The molecule has 1 amide bonds. The first-order valence-electron chi connectivity index (χ1n) is 5.99. The summed E-state index contributed by atoms with van der Waals surface area (Å²) < 4.78 is 0. The van der Waals surface area contributed by atoms with E-state index in [1.54, 1.807) is 20.8 Å². The summed E-state index contributed by atoms with van der Waals surface area (Å²) in [5, 5.41) is 11.5. The highest BCUT2D eigenvalue weighted by Crippen LogP contribution is 2.23. The van der Waals surface area contributed by atoms with E-state index in [0.29, 0.717) is 6.42 Å². The Hall–Kier alpha value is -1.84. The summed E-state index contributed by atoms with van der Waals surface area (Å²) in [6.45, 7) is 5.30. The lowest BCUT2D eigenvalue weighted by molar-refractivity contribution is -0.142. The monoisotopic (exact) mass is 249 g/mol. The fraction of sp³-hybridized carbons (Fsp3) is 0.429. The molecule has 4 nitrogen and oxygen atoms in total. The Labute approximate surface area is 107 Å². The first-order valence-corrected chi connectivity index (χ1v) is 5.99. The van der Waals surface area contributed by atoms with Gasteiger partial charge in [0.1, 0.15) is 6.04 Å². The number of rotatable bonds is 5. The molecule has 0 aromatic heterocycles. The van der Waals surface area contributed by atoms with Gasteiger partial charge in [-0.25, -0.2) is 4.79 Å². The Morgan fingerprint density at radius 2 is 1.83 bits per heavy atom. The number of hydrogen-bond acceptors (Lipinski definition) is 2. The van der Waals surface area contributed by atoms with Crippen LogP contribution in [-0.2, 0) is 15.0 Å². The fourth-order valence-corrected chi connectivity index (χ4v) is 1.66. The average molecular weight is 249 g/mol. The van der Waals surface area contributed by atoms with Crippen LogP contribution in [0, 0.1) is 0 Å². The van der Waals surface area contributed by atoms with Gasteiger partial charge in [-0.15, -0.1) is 0 Å². The van der Waals surface area contributed by atoms with Gasteiger partial charge >= 0.3 is 5.97 Å². The third-order valence-corrected chi connectivity index (χ3v) is 3.07. The summed E-state index contributed by atoms with van der Waals surface area (Å²) in [6.07, 6.45) is 0.367. The van der Waals surface area contributed by atoms with Gasteiger partial charge in [0.05, 0.1) is 5.41 Å². The maximum atomic E-state index is 12.2. The second kappa shape index (κ2) is 5.67. The molecular weight excluding hydrogens is 230 g/mol. The van der Waals surface area contributed by atoms with E-state index in [-0.39, 0.29) is 5.91 Å². The zero-order chi connectivity index (χ0) is 13.8.